The van der Waals surface area contributed by atoms with Gasteiger partial charge in [0.15, 0.2) is 0 Å². The van der Waals surface area contributed by atoms with E-state index in [1.54, 1.807) is 6.92 Å². The minimum absolute atomic E-state index is 0.107. The smallest absolute Gasteiger partial charge is 0.244 e. The Morgan fingerprint density at radius 1 is 1.33 bits per heavy atom. The summed E-state index contributed by atoms with van der Waals surface area (Å²) < 4.78 is 28.4. The average molecular weight is 312 g/mol. The Kier molecular flexibility index (Phi) is 4.07. The van der Waals surface area contributed by atoms with Crippen molar-refractivity contribution in [1.82, 2.24) is 20.2 Å². The summed E-state index contributed by atoms with van der Waals surface area (Å²) in [5.74, 6) is 1.24. The van der Waals surface area contributed by atoms with Gasteiger partial charge in [-0.2, -0.15) is 5.10 Å². The lowest BCUT2D eigenvalue weighted by Crippen LogP contribution is -2.39. The van der Waals surface area contributed by atoms with Crippen molar-refractivity contribution in [3.8, 4) is 0 Å². The highest BCUT2D eigenvalue weighted by Crippen LogP contribution is 2.44. The minimum atomic E-state index is -3.50. The van der Waals surface area contributed by atoms with E-state index >= 15 is 0 Å². The molecule has 2 saturated carbocycles. The molecule has 0 amide bonds. The van der Waals surface area contributed by atoms with Crippen LogP contribution in [0.2, 0.25) is 0 Å². The van der Waals surface area contributed by atoms with Gasteiger partial charge in [0.05, 0.1) is 11.4 Å². The molecule has 0 spiro atoms. The molecule has 2 bridgehead atoms. The highest BCUT2D eigenvalue weighted by molar-refractivity contribution is 7.89. The topological polar surface area (TPSA) is 86.9 Å². The Balaban J connectivity index is 1.80. The van der Waals surface area contributed by atoms with Crippen molar-refractivity contribution < 1.29 is 8.42 Å². The largest absolute Gasteiger partial charge is 0.311 e. The van der Waals surface area contributed by atoms with E-state index in [0.717, 1.165) is 25.3 Å². The maximum Gasteiger partial charge on any atom is 0.244 e. The average Bonchev–Trinajstić information content (AvgIpc) is 3.11. The zero-order valence-electron chi connectivity index (χ0n) is 12.6. The van der Waals surface area contributed by atoms with E-state index in [0.29, 0.717) is 28.7 Å². The summed E-state index contributed by atoms with van der Waals surface area (Å²) in [5, 5.41) is 10.1. The Labute approximate surface area is 126 Å². The lowest BCUT2D eigenvalue weighted by atomic mass is 9.96. The number of hydrogen-bond acceptors (Lipinski definition) is 4. The van der Waals surface area contributed by atoms with Gasteiger partial charge in [-0.15, -0.1) is 0 Å². The summed E-state index contributed by atoms with van der Waals surface area (Å²) in [6.45, 7) is 5.00. The van der Waals surface area contributed by atoms with Gasteiger partial charge in [-0.3, -0.25) is 5.10 Å². The van der Waals surface area contributed by atoms with Crippen LogP contribution in [0.3, 0.4) is 0 Å². The fourth-order valence-corrected chi connectivity index (χ4v) is 5.52. The fraction of sp³-hybridized carbons (Fsp3) is 0.786. The molecule has 2 aliphatic carbocycles. The first-order valence-corrected chi connectivity index (χ1v) is 9.26. The van der Waals surface area contributed by atoms with Gasteiger partial charge in [0, 0.05) is 12.6 Å². The predicted octanol–water partition coefficient (Wildman–Crippen LogP) is 1.29. The van der Waals surface area contributed by atoms with Crippen LogP contribution < -0.4 is 10.0 Å². The second kappa shape index (κ2) is 5.70. The minimum Gasteiger partial charge on any atom is -0.311 e. The van der Waals surface area contributed by atoms with E-state index in [1.165, 1.54) is 12.8 Å². The van der Waals surface area contributed by atoms with Crippen LogP contribution in [0.5, 0.6) is 0 Å². The second-order valence-electron chi connectivity index (χ2n) is 6.31. The molecule has 3 rings (SSSR count). The lowest BCUT2D eigenvalue weighted by Gasteiger charge is -2.22. The molecule has 3 unspecified atom stereocenters. The van der Waals surface area contributed by atoms with Crippen molar-refractivity contribution in [2.45, 2.75) is 57.0 Å². The van der Waals surface area contributed by atoms with E-state index in [4.69, 9.17) is 0 Å². The standard InChI is InChI=1S/C14H24N4O2S/c1-3-15-8-13-14(9(2)16-17-13)21(19,20)18-12-7-10-4-5-11(12)6-10/h10-12,15,18H,3-8H2,1-2H3,(H,16,17). The van der Waals surface area contributed by atoms with Gasteiger partial charge >= 0.3 is 0 Å². The first-order chi connectivity index (χ1) is 10.0. The van der Waals surface area contributed by atoms with E-state index in [9.17, 15) is 8.42 Å². The Bertz CT molecular complexity index is 610. The quantitative estimate of drug-likeness (QED) is 0.739. The number of nitrogens with one attached hydrogen (secondary N) is 3. The molecule has 0 aliphatic heterocycles. The Morgan fingerprint density at radius 2 is 2.14 bits per heavy atom. The normalized spacial score (nSPS) is 28.4. The van der Waals surface area contributed by atoms with Crippen LogP contribution in [0.15, 0.2) is 4.90 Å². The zero-order chi connectivity index (χ0) is 15.0. The molecule has 2 fully saturated rings. The molecule has 1 aromatic rings. The van der Waals surface area contributed by atoms with Crippen LogP contribution in [0.4, 0.5) is 0 Å². The van der Waals surface area contributed by atoms with Gasteiger partial charge in [0.1, 0.15) is 4.90 Å². The molecule has 3 N–H and O–H groups in total. The van der Waals surface area contributed by atoms with E-state index < -0.39 is 10.0 Å². The summed E-state index contributed by atoms with van der Waals surface area (Å²) in [5.41, 5.74) is 1.18. The number of aryl methyl sites for hydroxylation is 1. The number of rotatable bonds is 6. The maximum absolute atomic E-state index is 12.7. The SMILES string of the molecule is CCNCc1n[nH]c(C)c1S(=O)(=O)NC1CC2CCC1C2. The Hall–Kier alpha value is -0.920. The fourth-order valence-electron chi connectivity index (χ4n) is 3.84. The van der Waals surface area contributed by atoms with E-state index in [2.05, 4.69) is 20.2 Å². The first kappa shape index (κ1) is 15.0. The van der Waals surface area contributed by atoms with Crippen molar-refractivity contribution >= 4 is 10.0 Å². The van der Waals surface area contributed by atoms with Crippen LogP contribution in [-0.4, -0.2) is 31.2 Å². The van der Waals surface area contributed by atoms with Gasteiger partial charge in [0.2, 0.25) is 10.0 Å². The number of hydrogen-bond donors (Lipinski definition) is 3. The number of H-pyrrole nitrogens is 1. The van der Waals surface area contributed by atoms with Gasteiger partial charge in [-0.1, -0.05) is 13.3 Å². The number of aromatic nitrogens is 2. The second-order valence-corrected chi connectivity index (χ2v) is 7.96. The number of fused-ring (bicyclic) bond motifs is 2. The maximum atomic E-state index is 12.7. The third kappa shape index (κ3) is 2.86. The number of aromatic amines is 1. The Morgan fingerprint density at radius 3 is 2.76 bits per heavy atom. The molecule has 1 aromatic heterocycles. The molecule has 7 heteroatoms. The monoisotopic (exact) mass is 312 g/mol. The van der Waals surface area contributed by atoms with Crippen molar-refractivity contribution in [3.63, 3.8) is 0 Å². The van der Waals surface area contributed by atoms with E-state index in [-0.39, 0.29) is 6.04 Å². The van der Waals surface area contributed by atoms with Crippen LogP contribution in [0, 0.1) is 18.8 Å². The third-order valence-corrected chi connectivity index (χ3v) is 6.51. The molecule has 1 heterocycles. The zero-order valence-corrected chi connectivity index (χ0v) is 13.5. The lowest BCUT2D eigenvalue weighted by molar-refractivity contribution is 0.390. The summed E-state index contributed by atoms with van der Waals surface area (Å²) in [7, 11) is -3.50. The van der Waals surface area contributed by atoms with Crippen LogP contribution in [0.1, 0.15) is 44.0 Å². The van der Waals surface area contributed by atoms with Gasteiger partial charge in [-0.25, -0.2) is 13.1 Å². The summed E-state index contributed by atoms with van der Waals surface area (Å²) in [6.07, 6.45) is 4.59. The molecule has 0 saturated heterocycles. The van der Waals surface area contributed by atoms with Crippen molar-refractivity contribution in [1.29, 1.82) is 0 Å². The number of sulfonamides is 1. The highest BCUT2D eigenvalue weighted by atomic mass is 32.2. The molecular weight excluding hydrogens is 288 g/mol. The summed E-state index contributed by atoms with van der Waals surface area (Å²) >= 11 is 0. The molecule has 3 atom stereocenters. The van der Waals surface area contributed by atoms with Crippen LogP contribution in [0.25, 0.3) is 0 Å². The predicted molar refractivity (Wildman–Crippen MR) is 80.3 cm³/mol. The van der Waals surface area contributed by atoms with Crippen molar-refractivity contribution in [2.24, 2.45) is 11.8 Å². The number of nitrogens with zero attached hydrogens (tertiary/aromatic N) is 1. The first-order valence-electron chi connectivity index (χ1n) is 7.78. The molecule has 0 aromatic carbocycles. The van der Waals surface area contributed by atoms with Crippen LogP contribution in [-0.2, 0) is 16.6 Å². The highest BCUT2D eigenvalue weighted by Gasteiger charge is 2.42. The molecular formula is C14H24N4O2S. The molecule has 21 heavy (non-hydrogen) atoms. The van der Waals surface area contributed by atoms with Gasteiger partial charge < -0.3 is 5.32 Å². The molecule has 118 valence electrons. The summed E-state index contributed by atoms with van der Waals surface area (Å²) in [6, 6.07) is 0.107. The third-order valence-electron chi connectivity index (χ3n) is 4.82. The summed E-state index contributed by atoms with van der Waals surface area (Å²) in [4.78, 5) is 0.325. The van der Waals surface area contributed by atoms with Crippen molar-refractivity contribution in [3.05, 3.63) is 11.4 Å². The molecule has 0 radical (unpaired) electrons. The molecule has 2 aliphatic rings. The van der Waals surface area contributed by atoms with Gasteiger partial charge in [0.25, 0.3) is 0 Å². The van der Waals surface area contributed by atoms with E-state index in [1.807, 2.05) is 6.92 Å². The molecule has 6 nitrogen and oxygen atoms in total. The van der Waals surface area contributed by atoms with Crippen molar-refractivity contribution in [2.75, 3.05) is 6.54 Å². The van der Waals surface area contributed by atoms with Gasteiger partial charge in [-0.05, 0) is 44.6 Å². The van der Waals surface area contributed by atoms with Crippen LogP contribution >= 0.6 is 0 Å².